The third kappa shape index (κ3) is 4.74. The van der Waals surface area contributed by atoms with Crippen LogP contribution < -0.4 is 10.4 Å². The van der Waals surface area contributed by atoms with Crippen molar-refractivity contribution in [1.29, 1.82) is 0 Å². The van der Waals surface area contributed by atoms with E-state index in [1.165, 1.54) is 5.56 Å². The number of nitrogens with zero attached hydrogens (tertiary/aromatic N) is 4. The predicted octanol–water partition coefficient (Wildman–Crippen LogP) is 6.25. The fourth-order valence-electron chi connectivity index (χ4n) is 4.18. The average molecular weight is 546 g/mol. The van der Waals surface area contributed by atoms with Crippen molar-refractivity contribution in [3.8, 4) is 16.9 Å². The molecule has 0 N–H and O–H groups in total. The smallest absolute Gasteiger partial charge is 0.297 e. The van der Waals surface area contributed by atoms with Crippen molar-refractivity contribution in [2.75, 3.05) is 0 Å². The Balaban J connectivity index is 1.65. The first kappa shape index (κ1) is 23.3. The van der Waals surface area contributed by atoms with Crippen LogP contribution in [0.25, 0.3) is 16.9 Å². The maximum atomic E-state index is 13.5. The molecule has 0 fully saturated rings. The molecular formula is C28H25BrN4OS. The Morgan fingerprint density at radius 2 is 1.66 bits per heavy atom. The Bertz CT molecular complexity index is 1590. The first-order chi connectivity index (χ1) is 17.0. The number of hydrogen-bond acceptors (Lipinski definition) is 3. The molecule has 2 heterocycles. The van der Waals surface area contributed by atoms with Crippen LogP contribution in [0, 0.1) is 6.92 Å². The number of rotatable bonds is 6. The lowest BCUT2D eigenvalue weighted by Crippen LogP contribution is -2.20. The van der Waals surface area contributed by atoms with Gasteiger partial charge in [0.15, 0.2) is 10.5 Å². The Morgan fingerprint density at radius 3 is 2.37 bits per heavy atom. The monoisotopic (exact) mass is 544 g/mol. The number of aromatic nitrogens is 3. The van der Waals surface area contributed by atoms with E-state index in [0.717, 1.165) is 44.9 Å². The van der Waals surface area contributed by atoms with Gasteiger partial charge in [-0.2, -0.15) is 0 Å². The van der Waals surface area contributed by atoms with E-state index in [1.54, 1.807) is 16.0 Å². The number of thiazole rings is 1. The summed E-state index contributed by atoms with van der Waals surface area (Å²) in [4.78, 5) is 19.2. The topological polar surface area (TPSA) is 44.2 Å². The van der Waals surface area contributed by atoms with Crippen molar-refractivity contribution >= 4 is 33.0 Å². The molecule has 0 unspecified atom stereocenters. The molecule has 5 rings (SSSR count). The third-order valence-electron chi connectivity index (χ3n) is 6.12. The zero-order valence-corrected chi connectivity index (χ0v) is 22.0. The minimum absolute atomic E-state index is 0.122. The summed E-state index contributed by atoms with van der Waals surface area (Å²) in [5.41, 5.74) is 5.45. The van der Waals surface area contributed by atoms with Gasteiger partial charge in [0.2, 0.25) is 0 Å². The average Bonchev–Trinajstić information content (AvgIpc) is 3.37. The number of aryl methyl sites for hydroxylation is 1. The largest absolute Gasteiger partial charge is 0.316 e. The van der Waals surface area contributed by atoms with E-state index in [2.05, 4.69) is 62.3 Å². The highest BCUT2D eigenvalue weighted by molar-refractivity contribution is 9.10. The molecule has 0 bridgehead atoms. The van der Waals surface area contributed by atoms with E-state index in [-0.39, 0.29) is 5.56 Å². The summed E-state index contributed by atoms with van der Waals surface area (Å²) in [6.07, 6.45) is 0.869. The lowest BCUT2D eigenvalue weighted by Gasteiger charge is -2.10. The van der Waals surface area contributed by atoms with Gasteiger partial charge in [-0.05, 0) is 43.2 Å². The molecule has 2 aromatic heterocycles. The summed E-state index contributed by atoms with van der Waals surface area (Å²) >= 11 is 5.15. The zero-order chi connectivity index (χ0) is 24.4. The number of halogens is 1. The molecule has 0 atom stereocenters. The van der Waals surface area contributed by atoms with Crippen LogP contribution in [-0.2, 0) is 20.0 Å². The maximum Gasteiger partial charge on any atom is 0.297 e. The van der Waals surface area contributed by atoms with Gasteiger partial charge >= 0.3 is 0 Å². The number of hydrogen-bond donors (Lipinski definition) is 0. The van der Waals surface area contributed by atoms with Gasteiger partial charge in [0.05, 0.1) is 17.1 Å². The van der Waals surface area contributed by atoms with Crippen LogP contribution in [0.5, 0.6) is 0 Å². The second kappa shape index (κ2) is 10.1. The van der Waals surface area contributed by atoms with Crippen LogP contribution in [0.4, 0.5) is 5.69 Å². The Morgan fingerprint density at radius 1 is 0.943 bits per heavy atom. The Labute approximate surface area is 216 Å². The van der Waals surface area contributed by atoms with Crippen LogP contribution in [0.15, 0.2) is 105 Å². The number of para-hydroxylation sites is 1. The molecule has 0 aliphatic heterocycles. The molecule has 176 valence electrons. The SMILES string of the molecule is Cc1c(N=c2scc(-c3cccc(Br)c3)n2CCc2ccccc2)c(=O)n(-c2ccccc2)n1C. The van der Waals surface area contributed by atoms with Gasteiger partial charge in [-0.1, -0.05) is 76.6 Å². The minimum atomic E-state index is -0.122. The molecule has 0 saturated carbocycles. The standard InChI is InChI=1S/C28H25BrN4OS/c1-20-26(27(34)33(31(20)2)24-14-7-4-8-15-24)30-28-32(17-16-21-10-5-3-6-11-21)25(19-35-28)22-12-9-13-23(29)18-22/h3-15,18-19H,16-17H2,1-2H3. The first-order valence-corrected chi connectivity index (χ1v) is 13.1. The van der Waals surface area contributed by atoms with Crippen molar-refractivity contribution in [3.63, 3.8) is 0 Å². The molecule has 0 amide bonds. The molecule has 0 aliphatic carbocycles. The van der Waals surface area contributed by atoms with Crippen molar-refractivity contribution < 1.29 is 0 Å². The molecule has 3 aromatic carbocycles. The van der Waals surface area contributed by atoms with E-state index in [4.69, 9.17) is 4.99 Å². The fourth-order valence-corrected chi connectivity index (χ4v) is 5.52. The van der Waals surface area contributed by atoms with E-state index in [1.807, 2.05) is 67.2 Å². The fraction of sp³-hybridized carbons (Fsp3) is 0.143. The van der Waals surface area contributed by atoms with Gasteiger partial charge in [0, 0.05) is 29.0 Å². The van der Waals surface area contributed by atoms with Crippen LogP contribution in [0.3, 0.4) is 0 Å². The highest BCUT2D eigenvalue weighted by Crippen LogP contribution is 2.25. The highest BCUT2D eigenvalue weighted by atomic mass is 79.9. The van der Waals surface area contributed by atoms with E-state index in [9.17, 15) is 4.79 Å². The Kier molecular flexibility index (Phi) is 6.70. The van der Waals surface area contributed by atoms with E-state index < -0.39 is 0 Å². The quantitative estimate of drug-likeness (QED) is 0.249. The molecule has 0 spiro atoms. The molecule has 5 nitrogen and oxygen atoms in total. The summed E-state index contributed by atoms with van der Waals surface area (Å²) in [5, 5.41) is 2.12. The van der Waals surface area contributed by atoms with Gasteiger partial charge in [-0.3, -0.25) is 9.48 Å². The molecule has 0 radical (unpaired) electrons. The second-order valence-electron chi connectivity index (χ2n) is 8.32. The van der Waals surface area contributed by atoms with Crippen molar-refractivity contribution in [2.24, 2.45) is 12.0 Å². The second-order valence-corrected chi connectivity index (χ2v) is 10.1. The molecule has 35 heavy (non-hydrogen) atoms. The molecule has 0 aliphatic rings. The van der Waals surface area contributed by atoms with Crippen LogP contribution in [-0.4, -0.2) is 13.9 Å². The van der Waals surface area contributed by atoms with Gasteiger partial charge < -0.3 is 4.57 Å². The van der Waals surface area contributed by atoms with E-state index >= 15 is 0 Å². The lowest BCUT2D eigenvalue weighted by molar-refractivity contribution is 0.630. The molecule has 0 saturated heterocycles. The third-order valence-corrected chi connectivity index (χ3v) is 7.47. The Hall–Kier alpha value is -3.42. The molecular weight excluding hydrogens is 520 g/mol. The van der Waals surface area contributed by atoms with Crippen LogP contribution in [0.1, 0.15) is 11.3 Å². The van der Waals surface area contributed by atoms with Crippen LogP contribution in [0.2, 0.25) is 0 Å². The lowest BCUT2D eigenvalue weighted by atomic mass is 10.1. The summed E-state index contributed by atoms with van der Waals surface area (Å²) in [5.74, 6) is 0. The van der Waals surface area contributed by atoms with E-state index in [0.29, 0.717) is 5.69 Å². The summed E-state index contributed by atoms with van der Waals surface area (Å²) < 4.78 is 6.79. The van der Waals surface area contributed by atoms with Gasteiger partial charge in [0.25, 0.3) is 5.56 Å². The molecule has 5 aromatic rings. The van der Waals surface area contributed by atoms with Gasteiger partial charge in [-0.25, -0.2) is 9.67 Å². The predicted molar refractivity (Wildman–Crippen MR) is 147 cm³/mol. The zero-order valence-electron chi connectivity index (χ0n) is 19.6. The maximum absolute atomic E-state index is 13.5. The molecule has 7 heteroatoms. The van der Waals surface area contributed by atoms with Crippen molar-refractivity contribution in [2.45, 2.75) is 19.9 Å². The summed E-state index contributed by atoms with van der Waals surface area (Å²) in [7, 11) is 1.90. The first-order valence-electron chi connectivity index (χ1n) is 11.4. The summed E-state index contributed by atoms with van der Waals surface area (Å²) in [6, 6.07) is 28.4. The van der Waals surface area contributed by atoms with Gasteiger partial charge in [-0.15, -0.1) is 11.3 Å². The van der Waals surface area contributed by atoms with Crippen molar-refractivity contribution in [1.82, 2.24) is 13.9 Å². The summed E-state index contributed by atoms with van der Waals surface area (Å²) in [6.45, 7) is 2.70. The highest BCUT2D eigenvalue weighted by Gasteiger charge is 2.17. The minimum Gasteiger partial charge on any atom is -0.316 e. The van der Waals surface area contributed by atoms with Crippen molar-refractivity contribution in [3.05, 3.63) is 121 Å². The normalized spacial score (nSPS) is 11.8. The van der Waals surface area contributed by atoms with Gasteiger partial charge in [0.1, 0.15) is 0 Å². The van der Waals surface area contributed by atoms with Crippen LogP contribution >= 0.6 is 27.3 Å². The number of benzene rings is 3.